The molecule has 18 heavy (non-hydrogen) atoms. The number of hydrogen-bond donors (Lipinski definition) is 0. The Morgan fingerprint density at radius 3 is 2.56 bits per heavy atom. The molecular formula is C14H22N2O2. The van der Waals surface area contributed by atoms with Crippen molar-refractivity contribution in [2.24, 2.45) is 5.92 Å². The van der Waals surface area contributed by atoms with Gasteiger partial charge in [0.25, 0.3) is 0 Å². The van der Waals surface area contributed by atoms with Crippen molar-refractivity contribution in [1.29, 1.82) is 0 Å². The minimum atomic E-state index is -0.414. The zero-order chi connectivity index (χ0) is 13.1. The van der Waals surface area contributed by atoms with Gasteiger partial charge in [-0.05, 0) is 32.1 Å². The monoisotopic (exact) mass is 250 g/mol. The van der Waals surface area contributed by atoms with Crippen molar-refractivity contribution in [2.45, 2.75) is 32.1 Å². The molecule has 1 saturated carbocycles. The normalized spacial score (nSPS) is 26.8. The summed E-state index contributed by atoms with van der Waals surface area (Å²) in [7, 11) is 3.82. The third-order valence-electron chi connectivity index (χ3n) is 3.70. The highest BCUT2D eigenvalue weighted by Gasteiger charge is 2.35. The predicted octanol–water partition coefficient (Wildman–Crippen LogP) is 1.42. The molecule has 0 N–H and O–H groups in total. The van der Waals surface area contributed by atoms with Crippen LogP contribution in [0, 0.1) is 5.92 Å². The molecule has 2 fully saturated rings. The number of nitrogens with zero attached hydrogens (tertiary/aromatic N) is 2. The fourth-order valence-electron chi connectivity index (χ4n) is 2.81. The standard InChI is InChI=1S/C14H22N2O2/c1-15(2)10-11-6-5-7-12(13(11)17)14(18)16-8-3-4-9-16/h10,12H,3-9H2,1-2H3/b11-10-. The number of amides is 1. The van der Waals surface area contributed by atoms with Crippen LogP contribution in [0.1, 0.15) is 32.1 Å². The second kappa shape index (κ2) is 5.55. The molecule has 100 valence electrons. The summed E-state index contributed by atoms with van der Waals surface area (Å²) < 4.78 is 0. The maximum absolute atomic E-state index is 12.3. The summed E-state index contributed by atoms with van der Waals surface area (Å²) in [6, 6.07) is 0. The van der Waals surface area contributed by atoms with E-state index in [-0.39, 0.29) is 11.7 Å². The van der Waals surface area contributed by atoms with Crippen molar-refractivity contribution in [3.05, 3.63) is 11.8 Å². The maximum atomic E-state index is 12.3. The molecule has 0 spiro atoms. The van der Waals surface area contributed by atoms with E-state index in [4.69, 9.17) is 0 Å². The predicted molar refractivity (Wildman–Crippen MR) is 69.9 cm³/mol. The van der Waals surface area contributed by atoms with Gasteiger partial charge in [-0.3, -0.25) is 9.59 Å². The molecule has 0 aromatic heterocycles. The van der Waals surface area contributed by atoms with Crippen molar-refractivity contribution < 1.29 is 9.59 Å². The van der Waals surface area contributed by atoms with E-state index in [9.17, 15) is 9.59 Å². The minimum Gasteiger partial charge on any atom is -0.383 e. The molecule has 0 bridgehead atoms. The quantitative estimate of drug-likeness (QED) is 0.550. The first-order valence-electron chi connectivity index (χ1n) is 6.79. The number of rotatable bonds is 2. The Kier molecular flexibility index (Phi) is 4.04. The van der Waals surface area contributed by atoms with Gasteiger partial charge in [-0.15, -0.1) is 0 Å². The summed E-state index contributed by atoms with van der Waals surface area (Å²) in [5.74, 6) is -0.309. The molecule has 1 unspecified atom stereocenters. The van der Waals surface area contributed by atoms with Gasteiger partial charge in [0.15, 0.2) is 5.78 Å². The Hall–Kier alpha value is -1.32. The van der Waals surface area contributed by atoms with Crippen LogP contribution in [0.25, 0.3) is 0 Å². The maximum Gasteiger partial charge on any atom is 0.233 e. The van der Waals surface area contributed by atoms with E-state index in [0.29, 0.717) is 0 Å². The van der Waals surface area contributed by atoms with Crippen LogP contribution in [0.5, 0.6) is 0 Å². The molecule has 4 nitrogen and oxygen atoms in total. The first-order valence-corrected chi connectivity index (χ1v) is 6.79. The van der Waals surface area contributed by atoms with Gasteiger partial charge in [0.05, 0.1) is 0 Å². The molecule has 0 aromatic rings. The molecular weight excluding hydrogens is 228 g/mol. The summed E-state index contributed by atoms with van der Waals surface area (Å²) in [4.78, 5) is 28.4. The average Bonchev–Trinajstić information content (AvgIpc) is 2.84. The largest absolute Gasteiger partial charge is 0.383 e. The molecule has 2 aliphatic rings. The van der Waals surface area contributed by atoms with E-state index in [1.54, 1.807) is 0 Å². The number of hydrogen-bond acceptors (Lipinski definition) is 3. The summed E-state index contributed by atoms with van der Waals surface area (Å²) in [5.41, 5.74) is 0.809. The van der Waals surface area contributed by atoms with Crippen LogP contribution in [-0.2, 0) is 9.59 Å². The fourth-order valence-corrected chi connectivity index (χ4v) is 2.81. The van der Waals surface area contributed by atoms with Gasteiger partial charge < -0.3 is 9.80 Å². The lowest BCUT2D eigenvalue weighted by atomic mass is 9.83. The van der Waals surface area contributed by atoms with Gasteiger partial charge in [-0.1, -0.05) is 0 Å². The SMILES string of the molecule is CN(C)/C=C1/CCCC(C(=O)N2CCCC2)C1=O. The Morgan fingerprint density at radius 2 is 1.94 bits per heavy atom. The third-order valence-corrected chi connectivity index (χ3v) is 3.70. The van der Waals surface area contributed by atoms with Crippen LogP contribution in [0.15, 0.2) is 11.8 Å². The van der Waals surface area contributed by atoms with Crippen molar-refractivity contribution >= 4 is 11.7 Å². The van der Waals surface area contributed by atoms with Crippen molar-refractivity contribution in [3.8, 4) is 0 Å². The minimum absolute atomic E-state index is 0.0480. The van der Waals surface area contributed by atoms with Crippen LogP contribution >= 0.6 is 0 Å². The van der Waals surface area contributed by atoms with Gasteiger partial charge in [-0.25, -0.2) is 0 Å². The first kappa shape index (κ1) is 13.1. The molecule has 2 rings (SSSR count). The number of Topliss-reactive ketones (excluding diaryl/α,β-unsaturated/α-hetero) is 1. The topological polar surface area (TPSA) is 40.6 Å². The van der Waals surface area contributed by atoms with Gasteiger partial charge in [0, 0.05) is 39.0 Å². The number of carbonyl (C=O) groups is 2. The lowest BCUT2D eigenvalue weighted by Gasteiger charge is -2.27. The average molecular weight is 250 g/mol. The molecule has 0 aromatic carbocycles. The van der Waals surface area contributed by atoms with Crippen molar-refractivity contribution in [1.82, 2.24) is 9.80 Å². The van der Waals surface area contributed by atoms with Crippen LogP contribution in [-0.4, -0.2) is 48.7 Å². The summed E-state index contributed by atoms with van der Waals surface area (Å²) >= 11 is 0. The number of carbonyl (C=O) groups excluding carboxylic acids is 2. The molecule has 1 atom stereocenters. The zero-order valence-electron chi connectivity index (χ0n) is 11.3. The van der Waals surface area contributed by atoms with E-state index >= 15 is 0 Å². The molecule has 4 heteroatoms. The summed E-state index contributed by atoms with van der Waals surface area (Å²) in [6.07, 6.45) is 6.49. The van der Waals surface area contributed by atoms with E-state index < -0.39 is 5.92 Å². The summed E-state index contributed by atoms with van der Waals surface area (Å²) in [5, 5.41) is 0. The molecule has 1 amide bonds. The molecule has 0 radical (unpaired) electrons. The molecule has 1 aliphatic carbocycles. The molecule has 1 aliphatic heterocycles. The number of ketones is 1. The Balaban J connectivity index is 2.08. The molecule has 1 saturated heterocycles. The Labute approximate surface area is 109 Å². The van der Waals surface area contributed by atoms with E-state index in [1.807, 2.05) is 30.1 Å². The molecule has 1 heterocycles. The Bertz CT molecular complexity index is 368. The smallest absolute Gasteiger partial charge is 0.233 e. The highest BCUT2D eigenvalue weighted by molar-refractivity contribution is 6.10. The third kappa shape index (κ3) is 2.74. The fraction of sp³-hybridized carbons (Fsp3) is 0.714. The number of allylic oxidation sites excluding steroid dienone is 1. The van der Waals surface area contributed by atoms with Gasteiger partial charge in [-0.2, -0.15) is 0 Å². The van der Waals surface area contributed by atoms with E-state index in [2.05, 4.69) is 0 Å². The van der Waals surface area contributed by atoms with Gasteiger partial charge >= 0.3 is 0 Å². The van der Waals surface area contributed by atoms with E-state index in [1.165, 1.54) is 0 Å². The second-order valence-electron chi connectivity index (χ2n) is 5.46. The second-order valence-corrected chi connectivity index (χ2v) is 5.46. The van der Waals surface area contributed by atoms with E-state index in [0.717, 1.165) is 50.8 Å². The van der Waals surface area contributed by atoms with Crippen molar-refractivity contribution in [2.75, 3.05) is 27.2 Å². The van der Waals surface area contributed by atoms with Crippen molar-refractivity contribution in [3.63, 3.8) is 0 Å². The van der Waals surface area contributed by atoms with Crippen LogP contribution in [0.3, 0.4) is 0 Å². The van der Waals surface area contributed by atoms with Crippen LogP contribution < -0.4 is 0 Å². The van der Waals surface area contributed by atoms with Gasteiger partial charge in [0.2, 0.25) is 5.91 Å². The van der Waals surface area contributed by atoms with Crippen LogP contribution in [0.2, 0.25) is 0 Å². The highest BCUT2D eigenvalue weighted by atomic mass is 16.2. The lowest BCUT2D eigenvalue weighted by molar-refractivity contribution is -0.140. The zero-order valence-corrected chi connectivity index (χ0v) is 11.3. The van der Waals surface area contributed by atoms with Crippen LogP contribution in [0.4, 0.5) is 0 Å². The highest BCUT2D eigenvalue weighted by Crippen LogP contribution is 2.28. The Morgan fingerprint density at radius 1 is 1.28 bits per heavy atom. The first-order chi connectivity index (χ1) is 8.59. The number of likely N-dealkylation sites (tertiary alicyclic amines) is 1. The lowest BCUT2D eigenvalue weighted by Crippen LogP contribution is -2.39. The summed E-state index contributed by atoms with van der Waals surface area (Å²) in [6.45, 7) is 1.66. The van der Waals surface area contributed by atoms with Gasteiger partial charge in [0.1, 0.15) is 5.92 Å².